The second-order valence-corrected chi connectivity index (χ2v) is 7.02. The van der Waals surface area contributed by atoms with Gasteiger partial charge < -0.3 is 5.32 Å². The van der Waals surface area contributed by atoms with Crippen LogP contribution >= 0.6 is 11.8 Å². The summed E-state index contributed by atoms with van der Waals surface area (Å²) in [6.45, 7) is 5.65. The Balaban J connectivity index is 1.69. The highest BCUT2D eigenvalue weighted by atomic mass is 32.2. The maximum absolute atomic E-state index is 12.2. The second kappa shape index (κ2) is 5.81. The van der Waals surface area contributed by atoms with E-state index in [-0.39, 0.29) is 17.6 Å². The summed E-state index contributed by atoms with van der Waals surface area (Å²) < 4.78 is 1.83. The van der Waals surface area contributed by atoms with Crippen molar-refractivity contribution in [2.24, 2.45) is 5.92 Å². The Morgan fingerprint density at radius 2 is 2.26 bits per heavy atom. The molecule has 0 saturated heterocycles. The summed E-state index contributed by atoms with van der Waals surface area (Å²) in [6.07, 6.45) is 1.99. The molecule has 2 heterocycles. The first-order chi connectivity index (χ1) is 10.9. The molecule has 0 aliphatic heterocycles. The Labute approximate surface area is 138 Å². The van der Waals surface area contributed by atoms with E-state index in [0.29, 0.717) is 10.9 Å². The molecule has 1 aliphatic rings. The lowest BCUT2D eigenvalue weighted by Gasteiger charge is -2.22. The number of fused-ring (bicyclic) bond motifs is 1. The first kappa shape index (κ1) is 15.7. The molecule has 0 unspecified atom stereocenters. The van der Waals surface area contributed by atoms with Crippen LogP contribution in [-0.4, -0.2) is 36.8 Å². The molecule has 23 heavy (non-hydrogen) atoms. The summed E-state index contributed by atoms with van der Waals surface area (Å²) in [6, 6.07) is 4.17. The number of hydrogen-bond acceptors (Lipinski definition) is 6. The number of thioether (sulfide) groups is 1. The number of aryl methyl sites for hydroxylation is 2. The van der Waals surface area contributed by atoms with Gasteiger partial charge in [0.05, 0.1) is 11.8 Å². The molecule has 0 aromatic carbocycles. The highest BCUT2D eigenvalue weighted by molar-refractivity contribution is 7.99. The molecule has 7 nitrogen and oxygen atoms in total. The third kappa shape index (κ3) is 3.15. The van der Waals surface area contributed by atoms with Crippen LogP contribution in [0, 0.1) is 31.1 Å². The van der Waals surface area contributed by atoms with Gasteiger partial charge in [0.15, 0.2) is 5.16 Å². The predicted octanol–water partition coefficient (Wildman–Crippen LogP) is 1.64. The van der Waals surface area contributed by atoms with Crippen LogP contribution in [0.4, 0.5) is 0 Å². The van der Waals surface area contributed by atoms with E-state index in [9.17, 15) is 10.1 Å². The molecule has 1 saturated carbocycles. The summed E-state index contributed by atoms with van der Waals surface area (Å²) in [7, 11) is 0. The lowest BCUT2D eigenvalue weighted by molar-refractivity contribution is -0.119. The van der Waals surface area contributed by atoms with Crippen molar-refractivity contribution >= 4 is 23.4 Å². The molecule has 120 valence electrons. The van der Waals surface area contributed by atoms with Crippen LogP contribution in [0.15, 0.2) is 11.2 Å². The van der Waals surface area contributed by atoms with Gasteiger partial charge in [-0.2, -0.15) is 5.26 Å². The molecule has 1 fully saturated rings. The maximum Gasteiger partial charge on any atom is 0.256 e. The molecule has 2 aromatic heterocycles. The molecule has 0 bridgehead atoms. The van der Waals surface area contributed by atoms with E-state index < -0.39 is 5.54 Å². The lowest BCUT2D eigenvalue weighted by atomic mass is 9.98. The van der Waals surface area contributed by atoms with E-state index in [1.54, 1.807) is 6.92 Å². The van der Waals surface area contributed by atoms with Crippen molar-refractivity contribution < 1.29 is 4.79 Å². The minimum absolute atomic E-state index is 0.166. The fourth-order valence-electron chi connectivity index (χ4n) is 2.63. The Hall–Kier alpha value is -2.14. The van der Waals surface area contributed by atoms with Gasteiger partial charge in [0, 0.05) is 11.4 Å². The highest BCUT2D eigenvalue weighted by Crippen LogP contribution is 2.39. The molecule has 8 heteroatoms. The normalized spacial score (nSPS) is 16.8. The maximum atomic E-state index is 12.2. The van der Waals surface area contributed by atoms with Gasteiger partial charge in [0.2, 0.25) is 5.91 Å². The molecular formula is C15H18N6OS. The number of aromatic nitrogens is 4. The zero-order valence-electron chi connectivity index (χ0n) is 13.3. The number of nitrogens with zero attached hydrogens (tertiary/aromatic N) is 5. The number of amides is 1. The number of nitriles is 1. The second-order valence-electron chi connectivity index (χ2n) is 6.08. The summed E-state index contributed by atoms with van der Waals surface area (Å²) in [5.41, 5.74) is 1.09. The number of hydrogen-bond donors (Lipinski definition) is 1. The molecule has 3 rings (SSSR count). The number of carbonyl (C=O) groups excluding carboxylic acids is 1. The van der Waals surface area contributed by atoms with Crippen molar-refractivity contribution in [2.75, 3.05) is 5.75 Å². The summed E-state index contributed by atoms with van der Waals surface area (Å²) >= 11 is 1.30. The van der Waals surface area contributed by atoms with E-state index >= 15 is 0 Å². The van der Waals surface area contributed by atoms with Crippen molar-refractivity contribution in [1.82, 2.24) is 24.9 Å². The van der Waals surface area contributed by atoms with Gasteiger partial charge in [-0.05, 0) is 45.6 Å². The Bertz CT molecular complexity index is 806. The Morgan fingerprint density at radius 1 is 1.52 bits per heavy atom. The SMILES string of the molecule is Cc1cc(C)n2c(SCC(=O)N[C@@](C)(C#N)C3CC3)nnc2n1. The fourth-order valence-corrected chi connectivity index (χ4v) is 3.42. The van der Waals surface area contributed by atoms with Gasteiger partial charge in [0.25, 0.3) is 5.78 Å². The van der Waals surface area contributed by atoms with Crippen LogP contribution in [0.1, 0.15) is 31.2 Å². The first-order valence-electron chi connectivity index (χ1n) is 7.47. The Morgan fingerprint density at radius 3 is 2.91 bits per heavy atom. The zero-order valence-corrected chi connectivity index (χ0v) is 14.1. The predicted molar refractivity (Wildman–Crippen MR) is 85.9 cm³/mol. The van der Waals surface area contributed by atoms with E-state index in [2.05, 4.69) is 26.6 Å². The summed E-state index contributed by atoms with van der Waals surface area (Å²) in [5, 5.41) is 20.9. The van der Waals surface area contributed by atoms with Crippen LogP contribution in [0.25, 0.3) is 5.78 Å². The van der Waals surface area contributed by atoms with E-state index in [0.717, 1.165) is 24.2 Å². The van der Waals surface area contributed by atoms with Crippen LogP contribution in [0.2, 0.25) is 0 Å². The van der Waals surface area contributed by atoms with Crippen LogP contribution in [0.5, 0.6) is 0 Å². The molecule has 2 aromatic rings. The topological polar surface area (TPSA) is 96.0 Å². The van der Waals surface area contributed by atoms with Gasteiger partial charge in [-0.3, -0.25) is 9.20 Å². The number of rotatable bonds is 5. The fraction of sp³-hybridized carbons (Fsp3) is 0.533. The van der Waals surface area contributed by atoms with Crippen molar-refractivity contribution in [3.05, 3.63) is 17.5 Å². The summed E-state index contributed by atoms with van der Waals surface area (Å²) in [4.78, 5) is 16.5. The van der Waals surface area contributed by atoms with Crippen molar-refractivity contribution in [3.63, 3.8) is 0 Å². The zero-order chi connectivity index (χ0) is 16.6. The monoisotopic (exact) mass is 330 g/mol. The minimum atomic E-state index is -0.765. The smallest absolute Gasteiger partial charge is 0.256 e. The van der Waals surface area contributed by atoms with Crippen molar-refractivity contribution in [3.8, 4) is 6.07 Å². The van der Waals surface area contributed by atoms with Gasteiger partial charge in [-0.1, -0.05) is 11.8 Å². The largest absolute Gasteiger partial charge is 0.337 e. The van der Waals surface area contributed by atoms with Gasteiger partial charge >= 0.3 is 0 Å². The first-order valence-corrected chi connectivity index (χ1v) is 8.46. The van der Waals surface area contributed by atoms with Gasteiger partial charge in [-0.25, -0.2) is 4.98 Å². The molecule has 1 amide bonds. The third-order valence-electron chi connectivity index (χ3n) is 4.02. The average Bonchev–Trinajstić information content (AvgIpc) is 3.27. The molecule has 1 aliphatic carbocycles. The summed E-state index contributed by atoms with van der Waals surface area (Å²) in [5.74, 6) is 0.827. The lowest BCUT2D eigenvalue weighted by Crippen LogP contribution is -2.47. The third-order valence-corrected chi connectivity index (χ3v) is 4.95. The number of carbonyl (C=O) groups is 1. The van der Waals surface area contributed by atoms with E-state index in [1.807, 2.05) is 24.3 Å². The van der Waals surface area contributed by atoms with Crippen LogP contribution in [-0.2, 0) is 4.79 Å². The molecular weight excluding hydrogens is 312 g/mol. The van der Waals surface area contributed by atoms with Crippen LogP contribution in [0.3, 0.4) is 0 Å². The van der Waals surface area contributed by atoms with E-state index in [1.165, 1.54) is 11.8 Å². The van der Waals surface area contributed by atoms with Gasteiger partial charge in [0.1, 0.15) is 5.54 Å². The minimum Gasteiger partial charge on any atom is -0.337 e. The average molecular weight is 330 g/mol. The number of nitrogens with one attached hydrogen (secondary N) is 1. The Kier molecular flexibility index (Phi) is 3.98. The molecule has 0 spiro atoms. The molecule has 1 atom stereocenters. The molecule has 1 N–H and O–H groups in total. The van der Waals surface area contributed by atoms with Crippen molar-refractivity contribution in [2.45, 2.75) is 44.3 Å². The van der Waals surface area contributed by atoms with E-state index in [4.69, 9.17) is 0 Å². The quantitative estimate of drug-likeness (QED) is 0.837. The van der Waals surface area contributed by atoms with Crippen LogP contribution < -0.4 is 5.32 Å². The van der Waals surface area contributed by atoms with Crippen molar-refractivity contribution in [1.29, 1.82) is 5.26 Å². The van der Waals surface area contributed by atoms with Gasteiger partial charge in [-0.15, -0.1) is 10.2 Å². The molecule has 0 radical (unpaired) electrons. The standard InChI is InChI=1S/C15H18N6OS/c1-9-6-10(2)21-13(17-9)19-20-14(21)23-7-12(22)18-15(3,8-16)11-4-5-11/h6,11H,4-5,7H2,1-3H3,(H,18,22)/t15-/m0/s1. The highest BCUT2D eigenvalue weighted by Gasteiger charge is 2.42.